The van der Waals surface area contributed by atoms with E-state index in [-0.39, 0.29) is 29.6 Å². The fourth-order valence-electron chi connectivity index (χ4n) is 3.97. The van der Waals surface area contributed by atoms with Gasteiger partial charge < -0.3 is 19.9 Å². The Morgan fingerprint density at radius 3 is 2.63 bits per heavy atom. The summed E-state index contributed by atoms with van der Waals surface area (Å²) in [6.07, 6.45) is 2.05. The third-order valence-electron chi connectivity index (χ3n) is 5.70. The van der Waals surface area contributed by atoms with Gasteiger partial charge in [-0.25, -0.2) is 9.59 Å². The summed E-state index contributed by atoms with van der Waals surface area (Å²) >= 11 is 0. The van der Waals surface area contributed by atoms with Crippen LogP contribution in [0.3, 0.4) is 0 Å². The molecule has 2 fully saturated rings. The molecule has 5 rings (SSSR count). The van der Waals surface area contributed by atoms with Crippen LogP contribution in [-0.2, 0) is 4.74 Å². The summed E-state index contributed by atoms with van der Waals surface area (Å²) in [5.41, 5.74) is 3.31. The van der Waals surface area contributed by atoms with Gasteiger partial charge in [0.1, 0.15) is 0 Å². The largest absolute Gasteiger partial charge is 0.465 e. The topological polar surface area (TPSA) is 96.4 Å². The number of benzene rings is 2. The first kappa shape index (κ1) is 18.5. The summed E-state index contributed by atoms with van der Waals surface area (Å²) in [7, 11) is 1.35. The minimum Gasteiger partial charge on any atom is -0.465 e. The fourth-order valence-corrected chi connectivity index (χ4v) is 3.97. The van der Waals surface area contributed by atoms with Crippen LogP contribution in [-0.4, -0.2) is 52.6 Å². The first-order chi connectivity index (χ1) is 14.5. The lowest BCUT2D eigenvalue weighted by Gasteiger charge is -2.40. The molecule has 30 heavy (non-hydrogen) atoms. The number of amides is 1. The molecule has 1 amide bonds. The summed E-state index contributed by atoms with van der Waals surface area (Å²) in [6, 6.07) is 12.9. The molecule has 1 saturated heterocycles. The Kier molecular flexibility index (Phi) is 4.34. The lowest BCUT2D eigenvalue weighted by Crippen LogP contribution is -2.57. The Balaban J connectivity index is 1.25. The normalized spacial score (nSPS) is 16.4. The molecule has 0 radical (unpaired) electrons. The number of likely N-dealkylation sites (tertiary alicyclic amines) is 1. The zero-order valence-corrected chi connectivity index (χ0v) is 16.6. The molecule has 2 heterocycles. The van der Waals surface area contributed by atoms with Gasteiger partial charge in [0.05, 0.1) is 29.7 Å². The van der Waals surface area contributed by atoms with Crippen LogP contribution in [0.2, 0.25) is 0 Å². The number of aromatic nitrogens is 2. The van der Waals surface area contributed by atoms with Crippen molar-refractivity contribution in [2.75, 3.05) is 25.5 Å². The molecule has 1 aliphatic heterocycles. The van der Waals surface area contributed by atoms with Crippen molar-refractivity contribution in [1.82, 2.24) is 14.5 Å². The van der Waals surface area contributed by atoms with Gasteiger partial charge in [0.25, 0.3) is 5.91 Å². The van der Waals surface area contributed by atoms with E-state index < -0.39 is 0 Å². The van der Waals surface area contributed by atoms with Crippen LogP contribution in [0.15, 0.2) is 47.3 Å². The number of H-pyrrole nitrogens is 1. The van der Waals surface area contributed by atoms with Gasteiger partial charge in [0, 0.05) is 30.4 Å². The second-order valence-corrected chi connectivity index (χ2v) is 7.89. The molecule has 2 aliphatic rings. The predicted molar refractivity (Wildman–Crippen MR) is 112 cm³/mol. The number of carbonyl (C=O) groups is 2. The van der Waals surface area contributed by atoms with Crippen molar-refractivity contribution < 1.29 is 14.3 Å². The second-order valence-electron chi connectivity index (χ2n) is 7.89. The van der Waals surface area contributed by atoms with Gasteiger partial charge in [0.2, 0.25) is 0 Å². The Morgan fingerprint density at radius 1 is 1.10 bits per heavy atom. The first-order valence-electron chi connectivity index (χ1n) is 10.0. The molecule has 0 atom stereocenters. The standard InChI is InChI=1S/C22H22N4O4/c1-30-21(28)14-3-2-4-15(9-14)23-16-11-25(12-16)20(27)13-5-8-19-18(10-13)24-22(29)26(19)17-6-7-17/h2-5,8-10,16-17,23H,6-7,11-12H2,1H3,(H,24,29). The maximum absolute atomic E-state index is 12.8. The molecule has 2 aromatic carbocycles. The number of nitrogens with one attached hydrogen (secondary N) is 2. The monoisotopic (exact) mass is 406 g/mol. The number of aromatic amines is 1. The van der Waals surface area contributed by atoms with Gasteiger partial charge >= 0.3 is 11.7 Å². The number of methoxy groups -OCH3 is 1. The van der Waals surface area contributed by atoms with Gasteiger partial charge in [-0.1, -0.05) is 6.07 Å². The zero-order chi connectivity index (χ0) is 20.8. The highest BCUT2D eigenvalue weighted by Gasteiger charge is 2.32. The molecule has 1 aliphatic carbocycles. The Labute approximate surface area is 172 Å². The second kappa shape index (κ2) is 7.05. The number of nitrogens with zero attached hydrogens (tertiary/aromatic N) is 2. The number of esters is 1. The molecule has 0 unspecified atom stereocenters. The summed E-state index contributed by atoms with van der Waals surface area (Å²) < 4.78 is 6.53. The molecule has 8 heteroatoms. The highest BCUT2D eigenvalue weighted by atomic mass is 16.5. The molecule has 2 N–H and O–H groups in total. The summed E-state index contributed by atoms with van der Waals surface area (Å²) in [6.45, 7) is 1.14. The lowest BCUT2D eigenvalue weighted by molar-refractivity contribution is 0.0599. The van der Waals surface area contributed by atoms with Gasteiger partial charge in [-0.05, 0) is 49.2 Å². The molecule has 0 spiro atoms. The smallest absolute Gasteiger partial charge is 0.337 e. The molecule has 8 nitrogen and oxygen atoms in total. The maximum atomic E-state index is 12.8. The van der Waals surface area contributed by atoms with E-state index in [1.807, 2.05) is 12.1 Å². The first-order valence-corrected chi connectivity index (χ1v) is 10.0. The molecular formula is C22H22N4O4. The Bertz CT molecular complexity index is 1200. The van der Waals surface area contributed by atoms with Crippen molar-refractivity contribution in [2.45, 2.75) is 24.9 Å². The summed E-state index contributed by atoms with van der Waals surface area (Å²) in [5, 5.41) is 3.34. The van der Waals surface area contributed by atoms with Crippen molar-refractivity contribution in [3.63, 3.8) is 0 Å². The Morgan fingerprint density at radius 2 is 1.90 bits per heavy atom. The van der Waals surface area contributed by atoms with E-state index in [2.05, 4.69) is 10.3 Å². The van der Waals surface area contributed by atoms with E-state index in [4.69, 9.17) is 4.74 Å². The van der Waals surface area contributed by atoms with Crippen molar-refractivity contribution in [1.29, 1.82) is 0 Å². The van der Waals surface area contributed by atoms with Crippen molar-refractivity contribution in [3.8, 4) is 0 Å². The molecule has 1 aromatic heterocycles. The minimum absolute atomic E-state index is 0.0571. The van der Waals surface area contributed by atoms with Crippen LogP contribution in [0.25, 0.3) is 11.0 Å². The lowest BCUT2D eigenvalue weighted by atomic mass is 10.1. The number of rotatable bonds is 5. The number of imidazole rings is 1. The summed E-state index contributed by atoms with van der Waals surface area (Å²) in [4.78, 5) is 41.3. The van der Waals surface area contributed by atoms with Crippen LogP contribution in [0, 0.1) is 0 Å². The van der Waals surface area contributed by atoms with Gasteiger partial charge in [-0.2, -0.15) is 0 Å². The van der Waals surface area contributed by atoms with E-state index in [1.165, 1.54) is 7.11 Å². The van der Waals surface area contributed by atoms with Crippen molar-refractivity contribution >= 4 is 28.6 Å². The molecule has 3 aromatic rings. The Hall–Kier alpha value is -3.55. The van der Waals surface area contributed by atoms with E-state index in [0.29, 0.717) is 29.7 Å². The van der Waals surface area contributed by atoms with Crippen molar-refractivity contribution in [3.05, 3.63) is 64.1 Å². The highest BCUT2D eigenvalue weighted by Crippen LogP contribution is 2.35. The third-order valence-corrected chi connectivity index (χ3v) is 5.70. The van der Waals surface area contributed by atoms with Crippen LogP contribution in [0.5, 0.6) is 0 Å². The number of anilines is 1. The average Bonchev–Trinajstić information content (AvgIpc) is 3.50. The third kappa shape index (κ3) is 3.24. The van der Waals surface area contributed by atoms with E-state index in [0.717, 1.165) is 24.0 Å². The molecule has 1 saturated carbocycles. The van der Waals surface area contributed by atoms with Crippen LogP contribution < -0.4 is 11.0 Å². The van der Waals surface area contributed by atoms with Gasteiger partial charge in [-0.15, -0.1) is 0 Å². The summed E-state index contributed by atoms with van der Waals surface area (Å²) in [5.74, 6) is -0.439. The predicted octanol–water partition coefficient (Wildman–Crippen LogP) is 2.39. The number of carbonyl (C=O) groups excluding carboxylic acids is 2. The quantitative estimate of drug-likeness (QED) is 0.634. The highest BCUT2D eigenvalue weighted by molar-refractivity contribution is 5.98. The maximum Gasteiger partial charge on any atom is 0.337 e. The van der Waals surface area contributed by atoms with Crippen LogP contribution >= 0.6 is 0 Å². The zero-order valence-electron chi connectivity index (χ0n) is 16.6. The fraction of sp³-hybridized carbons (Fsp3) is 0.318. The van der Waals surface area contributed by atoms with E-state index >= 15 is 0 Å². The SMILES string of the molecule is COC(=O)c1cccc(NC2CN(C(=O)c3ccc4c(c3)[nH]c(=O)n4C3CC3)C2)c1. The number of ether oxygens (including phenoxy) is 1. The van der Waals surface area contributed by atoms with Crippen molar-refractivity contribution in [2.24, 2.45) is 0 Å². The van der Waals surface area contributed by atoms with Crippen LogP contribution in [0.4, 0.5) is 5.69 Å². The number of hydrogen-bond acceptors (Lipinski definition) is 5. The van der Waals surface area contributed by atoms with Gasteiger partial charge in [0.15, 0.2) is 0 Å². The average molecular weight is 406 g/mol. The number of hydrogen-bond donors (Lipinski definition) is 2. The molecule has 154 valence electrons. The van der Waals surface area contributed by atoms with Crippen LogP contribution in [0.1, 0.15) is 39.6 Å². The molecule has 0 bridgehead atoms. The number of fused-ring (bicyclic) bond motifs is 1. The van der Waals surface area contributed by atoms with Gasteiger partial charge in [-0.3, -0.25) is 9.36 Å². The minimum atomic E-state index is -0.381. The molecular weight excluding hydrogens is 384 g/mol. The van der Waals surface area contributed by atoms with E-state index in [9.17, 15) is 14.4 Å². The van der Waals surface area contributed by atoms with E-state index in [1.54, 1.807) is 39.8 Å².